The van der Waals surface area contributed by atoms with Crippen molar-refractivity contribution in [3.63, 3.8) is 0 Å². The van der Waals surface area contributed by atoms with Gasteiger partial charge in [-0.25, -0.2) is 9.97 Å². The van der Waals surface area contributed by atoms with E-state index in [1.807, 2.05) is 12.1 Å². The lowest BCUT2D eigenvalue weighted by molar-refractivity contribution is 0.102. The molecular formula is C22H29N5O. The zero-order valence-corrected chi connectivity index (χ0v) is 16.5. The van der Waals surface area contributed by atoms with Crippen molar-refractivity contribution in [1.82, 2.24) is 9.97 Å². The molecule has 0 atom stereocenters. The van der Waals surface area contributed by atoms with Gasteiger partial charge < -0.3 is 15.5 Å². The first-order chi connectivity index (χ1) is 13.7. The fourth-order valence-electron chi connectivity index (χ4n) is 4.02. The molecule has 2 heterocycles. The fourth-order valence-corrected chi connectivity index (χ4v) is 4.02. The molecule has 1 saturated carbocycles. The molecule has 148 valence electrons. The second-order valence-corrected chi connectivity index (χ2v) is 8.06. The lowest BCUT2D eigenvalue weighted by atomic mass is 9.99. The fraction of sp³-hybridized carbons (Fsp3) is 0.500. The van der Waals surface area contributed by atoms with Crippen molar-refractivity contribution in [1.29, 1.82) is 0 Å². The molecule has 0 radical (unpaired) electrons. The molecule has 6 nitrogen and oxygen atoms in total. The molecule has 1 amide bonds. The number of nitrogens with one attached hydrogen (secondary N) is 2. The van der Waals surface area contributed by atoms with Gasteiger partial charge in [0.25, 0.3) is 5.91 Å². The van der Waals surface area contributed by atoms with Gasteiger partial charge in [-0.15, -0.1) is 0 Å². The number of piperidine rings is 1. The van der Waals surface area contributed by atoms with E-state index in [0.717, 1.165) is 37.5 Å². The number of amides is 1. The molecule has 0 bridgehead atoms. The number of anilines is 3. The summed E-state index contributed by atoms with van der Waals surface area (Å²) in [7, 11) is 0. The summed E-state index contributed by atoms with van der Waals surface area (Å²) in [5.74, 6) is 1.14. The monoisotopic (exact) mass is 379 g/mol. The van der Waals surface area contributed by atoms with Crippen molar-refractivity contribution in [2.45, 2.75) is 51.5 Å². The average molecular weight is 380 g/mol. The molecule has 1 aromatic heterocycles. The standard InChI is InChI=1S/C22H29N5O/c1-16-11-14-27(15-12-16)19-8-6-18(7-9-19)24-21(28)20-10-13-23-22(26-20)25-17-4-2-3-5-17/h6-10,13,16-17H,2-5,11-12,14-15H2,1H3,(H,24,28)(H,23,25,26). The number of nitrogens with zero attached hydrogens (tertiary/aromatic N) is 3. The smallest absolute Gasteiger partial charge is 0.274 e. The number of carbonyl (C=O) groups is 1. The van der Waals surface area contributed by atoms with Crippen molar-refractivity contribution >= 4 is 23.2 Å². The number of rotatable bonds is 5. The van der Waals surface area contributed by atoms with Gasteiger partial charge in [-0.05, 0) is 61.9 Å². The van der Waals surface area contributed by atoms with Crippen LogP contribution in [-0.2, 0) is 0 Å². The molecule has 28 heavy (non-hydrogen) atoms. The van der Waals surface area contributed by atoms with Crippen molar-refractivity contribution in [3.05, 3.63) is 42.2 Å². The minimum absolute atomic E-state index is 0.212. The summed E-state index contributed by atoms with van der Waals surface area (Å²) >= 11 is 0. The highest BCUT2D eigenvalue weighted by Crippen LogP contribution is 2.24. The summed E-state index contributed by atoms with van der Waals surface area (Å²) in [5.41, 5.74) is 2.38. The van der Waals surface area contributed by atoms with Gasteiger partial charge in [0.2, 0.25) is 5.95 Å². The molecule has 2 aliphatic rings. The molecular weight excluding hydrogens is 350 g/mol. The molecule has 2 fully saturated rings. The third kappa shape index (κ3) is 4.61. The summed E-state index contributed by atoms with van der Waals surface area (Å²) in [6.45, 7) is 4.52. The Hall–Kier alpha value is -2.63. The Labute approximate surface area is 166 Å². The van der Waals surface area contributed by atoms with E-state index in [-0.39, 0.29) is 5.91 Å². The quantitative estimate of drug-likeness (QED) is 0.810. The minimum atomic E-state index is -0.212. The lowest BCUT2D eigenvalue weighted by Gasteiger charge is -2.32. The average Bonchev–Trinajstić information content (AvgIpc) is 3.22. The lowest BCUT2D eigenvalue weighted by Crippen LogP contribution is -2.32. The molecule has 2 aromatic rings. The highest BCUT2D eigenvalue weighted by molar-refractivity contribution is 6.03. The van der Waals surface area contributed by atoms with E-state index in [1.54, 1.807) is 12.3 Å². The Morgan fingerprint density at radius 3 is 2.46 bits per heavy atom. The Morgan fingerprint density at radius 1 is 1.04 bits per heavy atom. The largest absolute Gasteiger partial charge is 0.372 e. The molecule has 1 aliphatic heterocycles. The zero-order chi connectivity index (χ0) is 19.3. The first-order valence-corrected chi connectivity index (χ1v) is 10.4. The van der Waals surface area contributed by atoms with E-state index < -0.39 is 0 Å². The van der Waals surface area contributed by atoms with E-state index in [4.69, 9.17) is 0 Å². The van der Waals surface area contributed by atoms with Crippen molar-refractivity contribution in [2.75, 3.05) is 28.6 Å². The molecule has 2 N–H and O–H groups in total. The predicted molar refractivity (Wildman–Crippen MR) is 113 cm³/mol. The molecule has 0 unspecified atom stereocenters. The number of hydrogen-bond donors (Lipinski definition) is 2. The van der Waals surface area contributed by atoms with Crippen LogP contribution in [0.3, 0.4) is 0 Å². The van der Waals surface area contributed by atoms with Gasteiger partial charge in [0.1, 0.15) is 5.69 Å². The van der Waals surface area contributed by atoms with E-state index in [1.165, 1.54) is 31.4 Å². The van der Waals surface area contributed by atoms with Crippen molar-refractivity contribution in [3.8, 4) is 0 Å². The van der Waals surface area contributed by atoms with Crippen LogP contribution in [0.25, 0.3) is 0 Å². The maximum atomic E-state index is 12.6. The summed E-state index contributed by atoms with van der Waals surface area (Å²) in [6.07, 6.45) is 8.88. The first-order valence-electron chi connectivity index (χ1n) is 10.4. The number of benzene rings is 1. The van der Waals surface area contributed by atoms with Crippen LogP contribution in [0.4, 0.5) is 17.3 Å². The first kappa shape index (κ1) is 18.7. The Kier molecular flexibility index (Phi) is 5.74. The summed E-state index contributed by atoms with van der Waals surface area (Å²) in [5, 5.41) is 6.28. The third-order valence-corrected chi connectivity index (χ3v) is 5.85. The molecule has 4 rings (SSSR count). The van der Waals surface area contributed by atoms with Crippen LogP contribution in [0.15, 0.2) is 36.5 Å². The molecule has 6 heteroatoms. The highest BCUT2D eigenvalue weighted by atomic mass is 16.1. The zero-order valence-electron chi connectivity index (χ0n) is 16.5. The molecule has 1 saturated heterocycles. The van der Waals surface area contributed by atoms with Gasteiger partial charge >= 0.3 is 0 Å². The van der Waals surface area contributed by atoms with Crippen LogP contribution in [0.5, 0.6) is 0 Å². The SMILES string of the molecule is CC1CCN(c2ccc(NC(=O)c3ccnc(NC4CCCC4)n3)cc2)CC1. The van der Waals surface area contributed by atoms with Gasteiger partial charge in [0.15, 0.2) is 0 Å². The Morgan fingerprint density at radius 2 is 1.75 bits per heavy atom. The number of carbonyl (C=O) groups excluding carboxylic acids is 1. The van der Waals surface area contributed by atoms with Gasteiger partial charge in [-0.2, -0.15) is 0 Å². The maximum absolute atomic E-state index is 12.6. The topological polar surface area (TPSA) is 70.2 Å². The predicted octanol–water partition coefficient (Wildman–Crippen LogP) is 4.32. The normalized spacial score (nSPS) is 18.2. The van der Waals surface area contributed by atoms with Crippen molar-refractivity contribution < 1.29 is 4.79 Å². The van der Waals surface area contributed by atoms with Gasteiger partial charge in [0.05, 0.1) is 0 Å². The van der Waals surface area contributed by atoms with Crippen LogP contribution >= 0.6 is 0 Å². The highest BCUT2D eigenvalue weighted by Gasteiger charge is 2.18. The van der Waals surface area contributed by atoms with Crippen LogP contribution in [0.2, 0.25) is 0 Å². The Bertz CT molecular complexity index is 793. The maximum Gasteiger partial charge on any atom is 0.274 e. The van der Waals surface area contributed by atoms with Gasteiger partial charge in [0, 0.05) is 36.7 Å². The minimum Gasteiger partial charge on any atom is -0.372 e. The number of hydrogen-bond acceptors (Lipinski definition) is 5. The van der Waals surface area contributed by atoms with E-state index in [0.29, 0.717) is 17.7 Å². The van der Waals surface area contributed by atoms with Crippen LogP contribution in [-0.4, -0.2) is 35.0 Å². The molecule has 1 aromatic carbocycles. The summed E-state index contributed by atoms with van der Waals surface area (Å²) in [4.78, 5) is 23.6. The summed E-state index contributed by atoms with van der Waals surface area (Å²) in [6, 6.07) is 10.2. The second-order valence-electron chi connectivity index (χ2n) is 8.06. The van der Waals surface area contributed by atoms with Crippen molar-refractivity contribution in [2.24, 2.45) is 5.92 Å². The summed E-state index contributed by atoms with van der Waals surface area (Å²) < 4.78 is 0. The van der Waals surface area contributed by atoms with E-state index >= 15 is 0 Å². The molecule has 0 spiro atoms. The molecule has 1 aliphatic carbocycles. The van der Waals surface area contributed by atoms with Crippen LogP contribution in [0, 0.1) is 5.92 Å². The Balaban J connectivity index is 1.36. The van der Waals surface area contributed by atoms with Gasteiger partial charge in [-0.3, -0.25) is 4.79 Å². The van der Waals surface area contributed by atoms with Crippen LogP contribution < -0.4 is 15.5 Å². The van der Waals surface area contributed by atoms with E-state index in [2.05, 4.69) is 44.6 Å². The number of aromatic nitrogens is 2. The van der Waals surface area contributed by atoms with Gasteiger partial charge in [-0.1, -0.05) is 19.8 Å². The third-order valence-electron chi connectivity index (χ3n) is 5.85. The van der Waals surface area contributed by atoms with Crippen LogP contribution in [0.1, 0.15) is 55.9 Å². The second kappa shape index (κ2) is 8.59. The van der Waals surface area contributed by atoms with E-state index in [9.17, 15) is 4.79 Å².